The Morgan fingerprint density at radius 1 is 1.20 bits per heavy atom. The van der Waals surface area contributed by atoms with Crippen LogP contribution in [0.1, 0.15) is 39.0 Å². The maximum absolute atomic E-state index is 3.66. The molecular weight excluding hydrogens is 122 g/mol. The first-order valence-electron chi connectivity index (χ1n) is 4.62. The van der Waals surface area contributed by atoms with E-state index in [4.69, 9.17) is 0 Å². The molecule has 1 N–H and O–H groups in total. The third-order valence-corrected chi connectivity index (χ3v) is 3.06. The summed E-state index contributed by atoms with van der Waals surface area (Å²) in [5.41, 5.74) is 0. The molecule has 1 nitrogen and oxygen atoms in total. The van der Waals surface area contributed by atoms with Gasteiger partial charge < -0.3 is 5.32 Å². The van der Waals surface area contributed by atoms with Crippen LogP contribution in [0.25, 0.3) is 0 Å². The van der Waals surface area contributed by atoms with E-state index < -0.39 is 0 Å². The maximum Gasteiger partial charge on any atom is 0.00983 e. The molecular formula is C9H17N. The zero-order valence-electron chi connectivity index (χ0n) is 6.77. The van der Waals surface area contributed by atoms with Gasteiger partial charge in [0.15, 0.2) is 0 Å². The van der Waals surface area contributed by atoms with Crippen molar-refractivity contribution in [3.63, 3.8) is 0 Å². The van der Waals surface area contributed by atoms with Crippen LogP contribution in [0.3, 0.4) is 0 Å². The minimum absolute atomic E-state index is 0.799. The van der Waals surface area contributed by atoms with Crippen molar-refractivity contribution in [3.8, 4) is 0 Å². The third kappa shape index (κ3) is 1.07. The monoisotopic (exact) mass is 139 g/mol. The van der Waals surface area contributed by atoms with E-state index in [2.05, 4.69) is 12.2 Å². The summed E-state index contributed by atoms with van der Waals surface area (Å²) in [6.07, 6.45) is 7.30. The molecule has 0 radical (unpaired) electrons. The number of fused-ring (bicyclic) bond motifs is 1. The highest BCUT2D eigenvalue weighted by molar-refractivity contribution is 4.90. The molecule has 10 heavy (non-hydrogen) atoms. The van der Waals surface area contributed by atoms with Gasteiger partial charge >= 0.3 is 0 Å². The van der Waals surface area contributed by atoms with Gasteiger partial charge in [-0.2, -0.15) is 0 Å². The molecule has 1 saturated heterocycles. The molecule has 1 saturated carbocycles. The molecule has 2 rings (SSSR count). The average Bonchev–Trinajstić information content (AvgIpc) is 2.27. The molecule has 1 heterocycles. The molecule has 1 aliphatic carbocycles. The minimum Gasteiger partial charge on any atom is -0.311 e. The number of hydrogen-bond donors (Lipinski definition) is 1. The zero-order valence-corrected chi connectivity index (χ0v) is 6.77. The van der Waals surface area contributed by atoms with Crippen molar-refractivity contribution in [1.29, 1.82) is 0 Å². The molecule has 0 spiro atoms. The van der Waals surface area contributed by atoms with Crippen LogP contribution in [-0.4, -0.2) is 12.1 Å². The van der Waals surface area contributed by atoms with Gasteiger partial charge in [0.25, 0.3) is 0 Å². The maximum atomic E-state index is 3.66. The molecule has 0 aromatic carbocycles. The van der Waals surface area contributed by atoms with E-state index >= 15 is 0 Å². The van der Waals surface area contributed by atoms with E-state index in [0.717, 1.165) is 18.0 Å². The first-order valence-corrected chi connectivity index (χ1v) is 4.62. The fourth-order valence-electron chi connectivity index (χ4n) is 2.60. The molecule has 1 aliphatic heterocycles. The fraction of sp³-hybridized carbons (Fsp3) is 1.00. The summed E-state index contributed by atoms with van der Waals surface area (Å²) in [4.78, 5) is 0. The lowest BCUT2D eigenvalue weighted by Crippen LogP contribution is -2.31. The van der Waals surface area contributed by atoms with Crippen LogP contribution in [0.2, 0.25) is 0 Å². The van der Waals surface area contributed by atoms with Gasteiger partial charge in [-0.25, -0.2) is 0 Å². The largest absolute Gasteiger partial charge is 0.311 e. The van der Waals surface area contributed by atoms with Gasteiger partial charge in [0, 0.05) is 12.1 Å². The van der Waals surface area contributed by atoms with Gasteiger partial charge in [0.05, 0.1) is 0 Å². The van der Waals surface area contributed by atoms with E-state index in [1.165, 1.54) is 32.1 Å². The van der Waals surface area contributed by atoms with E-state index in [0.29, 0.717) is 0 Å². The summed E-state index contributed by atoms with van der Waals surface area (Å²) in [5, 5.41) is 3.66. The van der Waals surface area contributed by atoms with Crippen molar-refractivity contribution in [2.24, 2.45) is 5.92 Å². The normalized spacial score (nSPS) is 47.1. The Morgan fingerprint density at radius 3 is 2.80 bits per heavy atom. The van der Waals surface area contributed by atoms with Crippen LogP contribution in [0, 0.1) is 5.92 Å². The predicted molar refractivity (Wildman–Crippen MR) is 43.0 cm³/mol. The second kappa shape index (κ2) is 2.54. The molecule has 2 fully saturated rings. The van der Waals surface area contributed by atoms with Crippen LogP contribution >= 0.6 is 0 Å². The number of hydrogen-bond acceptors (Lipinski definition) is 1. The quantitative estimate of drug-likeness (QED) is 0.540. The summed E-state index contributed by atoms with van der Waals surface area (Å²) >= 11 is 0. The molecule has 0 aromatic rings. The molecule has 3 atom stereocenters. The van der Waals surface area contributed by atoms with Gasteiger partial charge in [0.2, 0.25) is 0 Å². The Balaban J connectivity index is 1.97. The number of rotatable bonds is 0. The summed E-state index contributed by atoms with van der Waals surface area (Å²) in [5.74, 6) is 1.03. The highest BCUT2D eigenvalue weighted by Crippen LogP contribution is 2.32. The Hall–Kier alpha value is -0.0400. The van der Waals surface area contributed by atoms with Crippen LogP contribution in [0.15, 0.2) is 0 Å². The fourth-order valence-corrected chi connectivity index (χ4v) is 2.60. The lowest BCUT2D eigenvalue weighted by molar-refractivity contribution is 0.325. The Kier molecular flexibility index (Phi) is 1.69. The molecule has 2 aliphatic rings. The lowest BCUT2D eigenvalue weighted by Gasteiger charge is -2.24. The van der Waals surface area contributed by atoms with Gasteiger partial charge in [-0.05, 0) is 32.1 Å². The Morgan fingerprint density at radius 2 is 2.00 bits per heavy atom. The molecule has 0 aromatic heterocycles. The van der Waals surface area contributed by atoms with E-state index in [-0.39, 0.29) is 0 Å². The summed E-state index contributed by atoms with van der Waals surface area (Å²) in [6, 6.07) is 1.69. The molecule has 58 valence electrons. The van der Waals surface area contributed by atoms with Crippen LogP contribution in [0.5, 0.6) is 0 Å². The number of nitrogens with one attached hydrogen (secondary N) is 1. The van der Waals surface area contributed by atoms with Gasteiger partial charge in [-0.3, -0.25) is 0 Å². The van der Waals surface area contributed by atoms with Crippen molar-refractivity contribution in [1.82, 2.24) is 5.32 Å². The van der Waals surface area contributed by atoms with Crippen molar-refractivity contribution in [3.05, 3.63) is 0 Å². The van der Waals surface area contributed by atoms with E-state index in [1.54, 1.807) is 0 Å². The third-order valence-electron chi connectivity index (χ3n) is 3.06. The SMILES string of the molecule is C[C@@H]1C[C@H]2CCCC[C@H]2N1. The minimum atomic E-state index is 0.799. The Labute approximate surface area is 63.2 Å². The topological polar surface area (TPSA) is 12.0 Å². The highest BCUT2D eigenvalue weighted by atomic mass is 15.0. The second-order valence-electron chi connectivity index (χ2n) is 3.95. The van der Waals surface area contributed by atoms with Crippen LogP contribution in [-0.2, 0) is 0 Å². The standard InChI is InChI=1S/C9H17N/c1-7-6-8-4-2-3-5-9(8)10-7/h7-10H,2-6H2,1H3/t7-,8-,9-/m1/s1. The van der Waals surface area contributed by atoms with Crippen molar-refractivity contribution < 1.29 is 0 Å². The van der Waals surface area contributed by atoms with Gasteiger partial charge in [0.1, 0.15) is 0 Å². The summed E-state index contributed by atoms with van der Waals surface area (Å²) in [7, 11) is 0. The van der Waals surface area contributed by atoms with E-state index in [1.807, 2.05) is 0 Å². The predicted octanol–water partition coefficient (Wildman–Crippen LogP) is 1.93. The average molecular weight is 139 g/mol. The van der Waals surface area contributed by atoms with Crippen molar-refractivity contribution in [2.75, 3.05) is 0 Å². The first-order chi connectivity index (χ1) is 4.86. The molecule has 0 bridgehead atoms. The highest BCUT2D eigenvalue weighted by Gasteiger charge is 2.32. The summed E-state index contributed by atoms with van der Waals surface area (Å²) < 4.78 is 0. The smallest absolute Gasteiger partial charge is 0.00983 e. The van der Waals surface area contributed by atoms with Crippen LogP contribution in [0.4, 0.5) is 0 Å². The van der Waals surface area contributed by atoms with Crippen LogP contribution < -0.4 is 5.32 Å². The molecule has 0 amide bonds. The first kappa shape index (κ1) is 6.66. The van der Waals surface area contributed by atoms with Crippen molar-refractivity contribution in [2.45, 2.75) is 51.1 Å². The lowest BCUT2D eigenvalue weighted by atomic mass is 9.85. The van der Waals surface area contributed by atoms with Gasteiger partial charge in [-0.1, -0.05) is 12.8 Å². The second-order valence-corrected chi connectivity index (χ2v) is 3.95. The summed E-state index contributed by atoms with van der Waals surface area (Å²) in [6.45, 7) is 2.32. The molecule has 0 unspecified atom stereocenters. The van der Waals surface area contributed by atoms with E-state index in [9.17, 15) is 0 Å². The van der Waals surface area contributed by atoms with Gasteiger partial charge in [-0.15, -0.1) is 0 Å². The Bertz CT molecular complexity index is 108. The zero-order chi connectivity index (χ0) is 6.97. The van der Waals surface area contributed by atoms with Crippen molar-refractivity contribution >= 4 is 0 Å². The molecule has 1 heteroatoms.